The molecular weight excluding hydrogens is 152 g/mol. The van der Waals surface area contributed by atoms with Gasteiger partial charge in [0, 0.05) is 12.6 Å². The van der Waals surface area contributed by atoms with E-state index in [4.69, 9.17) is 10.8 Å². The zero-order valence-corrected chi connectivity index (χ0v) is 6.62. The molecule has 0 amide bonds. The number of pyridine rings is 1. The first-order chi connectivity index (χ1) is 5.84. The van der Waals surface area contributed by atoms with Crippen LogP contribution in [-0.2, 0) is 0 Å². The Morgan fingerprint density at radius 3 is 3.08 bits per heavy atom. The van der Waals surface area contributed by atoms with Crippen LogP contribution in [0, 0.1) is 11.8 Å². The Balaban J connectivity index is 2.77. The van der Waals surface area contributed by atoms with Crippen molar-refractivity contribution in [3.05, 3.63) is 24.0 Å². The zero-order chi connectivity index (χ0) is 8.81. The highest BCUT2D eigenvalue weighted by molar-refractivity contribution is 5.50. The Morgan fingerprint density at radius 2 is 2.42 bits per heavy atom. The second-order valence-corrected chi connectivity index (χ2v) is 2.22. The standard InChI is InChI=1S/C9H10N2O/c10-8-4-3-6-11-9(8)5-1-2-7-12/h3-4,6,12H,2,7,10H2. The summed E-state index contributed by atoms with van der Waals surface area (Å²) in [6, 6.07) is 3.50. The van der Waals surface area contributed by atoms with E-state index in [1.54, 1.807) is 18.3 Å². The third kappa shape index (κ3) is 2.26. The molecule has 0 radical (unpaired) electrons. The van der Waals surface area contributed by atoms with Gasteiger partial charge in [-0.05, 0) is 18.1 Å². The average molecular weight is 162 g/mol. The lowest BCUT2D eigenvalue weighted by Crippen LogP contribution is -1.92. The summed E-state index contributed by atoms with van der Waals surface area (Å²) in [7, 11) is 0. The topological polar surface area (TPSA) is 59.1 Å². The number of hydrogen-bond donors (Lipinski definition) is 2. The van der Waals surface area contributed by atoms with Crippen LogP contribution >= 0.6 is 0 Å². The fraction of sp³-hybridized carbons (Fsp3) is 0.222. The fourth-order valence-corrected chi connectivity index (χ4v) is 0.724. The minimum absolute atomic E-state index is 0.0692. The number of aliphatic hydroxyl groups is 1. The molecule has 0 atom stereocenters. The van der Waals surface area contributed by atoms with Gasteiger partial charge in [-0.2, -0.15) is 0 Å². The SMILES string of the molecule is Nc1cccnc1C#CCCO. The first-order valence-corrected chi connectivity index (χ1v) is 3.65. The van der Waals surface area contributed by atoms with Crippen molar-refractivity contribution in [2.24, 2.45) is 0 Å². The van der Waals surface area contributed by atoms with Crippen LogP contribution in [0.5, 0.6) is 0 Å². The summed E-state index contributed by atoms with van der Waals surface area (Å²) in [6.45, 7) is 0.0692. The predicted molar refractivity (Wildman–Crippen MR) is 47.2 cm³/mol. The number of nitrogens with zero attached hydrogens (tertiary/aromatic N) is 1. The van der Waals surface area contributed by atoms with E-state index in [0.717, 1.165) is 0 Å². The van der Waals surface area contributed by atoms with Gasteiger partial charge in [-0.25, -0.2) is 4.98 Å². The van der Waals surface area contributed by atoms with Gasteiger partial charge >= 0.3 is 0 Å². The molecule has 12 heavy (non-hydrogen) atoms. The maximum Gasteiger partial charge on any atom is 0.136 e. The molecule has 0 saturated carbocycles. The molecule has 1 aromatic rings. The molecule has 1 rings (SSSR count). The number of nitrogens with two attached hydrogens (primary N) is 1. The normalized spacial score (nSPS) is 8.75. The van der Waals surface area contributed by atoms with Crippen molar-refractivity contribution in [1.29, 1.82) is 0 Å². The number of aromatic nitrogens is 1. The Bertz CT molecular complexity index is 312. The summed E-state index contributed by atoms with van der Waals surface area (Å²) in [6.07, 6.45) is 2.09. The number of hydrogen-bond acceptors (Lipinski definition) is 3. The van der Waals surface area contributed by atoms with Crippen molar-refractivity contribution in [1.82, 2.24) is 4.98 Å². The van der Waals surface area contributed by atoms with Crippen LogP contribution in [0.2, 0.25) is 0 Å². The predicted octanol–water partition coefficient (Wildman–Crippen LogP) is 0.398. The minimum Gasteiger partial charge on any atom is -0.396 e. The quantitative estimate of drug-likeness (QED) is 0.587. The van der Waals surface area contributed by atoms with Crippen molar-refractivity contribution in [3.63, 3.8) is 0 Å². The molecule has 0 aliphatic heterocycles. The minimum atomic E-state index is 0.0692. The molecule has 0 fully saturated rings. The van der Waals surface area contributed by atoms with Crippen LogP contribution in [-0.4, -0.2) is 16.7 Å². The molecule has 1 aromatic heterocycles. The summed E-state index contributed by atoms with van der Waals surface area (Å²) >= 11 is 0. The Morgan fingerprint density at radius 1 is 1.58 bits per heavy atom. The summed E-state index contributed by atoms with van der Waals surface area (Å²) in [5, 5.41) is 8.46. The van der Waals surface area contributed by atoms with Gasteiger partial charge in [0.1, 0.15) is 5.69 Å². The number of nitrogen functional groups attached to an aromatic ring is 1. The van der Waals surface area contributed by atoms with E-state index in [-0.39, 0.29) is 6.61 Å². The Hall–Kier alpha value is -1.53. The van der Waals surface area contributed by atoms with Gasteiger partial charge in [0.25, 0.3) is 0 Å². The fourth-order valence-electron chi connectivity index (χ4n) is 0.724. The molecule has 0 unspecified atom stereocenters. The van der Waals surface area contributed by atoms with Crippen molar-refractivity contribution in [2.45, 2.75) is 6.42 Å². The van der Waals surface area contributed by atoms with E-state index < -0.39 is 0 Å². The van der Waals surface area contributed by atoms with Crippen molar-refractivity contribution < 1.29 is 5.11 Å². The van der Waals surface area contributed by atoms with Gasteiger partial charge < -0.3 is 10.8 Å². The van der Waals surface area contributed by atoms with Crippen LogP contribution in [0.15, 0.2) is 18.3 Å². The third-order valence-electron chi connectivity index (χ3n) is 1.28. The molecule has 0 aliphatic rings. The highest BCUT2D eigenvalue weighted by Crippen LogP contribution is 2.03. The van der Waals surface area contributed by atoms with Gasteiger partial charge in [0.05, 0.1) is 12.3 Å². The molecular formula is C9H10N2O. The summed E-state index contributed by atoms with van der Waals surface area (Å²) in [5.74, 6) is 5.52. The maximum absolute atomic E-state index is 8.46. The molecule has 3 heteroatoms. The molecule has 1 heterocycles. The third-order valence-corrected chi connectivity index (χ3v) is 1.28. The highest BCUT2D eigenvalue weighted by atomic mass is 16.2. The largest absolute Gasteiger partial charge is 0.396 e. The lowest BCUT2D eigenvalue weighted by atomic mass is 10.3. The molecule has 3 N–H and O–H groups in total. The van der Waals surface area contributed by atoms with E-state index in [1.807, 2.05) is 0 Å². The monoisotopic (exact) mass is 162 g/mol. The van der Waals surface area contributed by atoms with E-state index >= 15 is 0 Å². The van der Waals surface area contributed by atoms with Crippen molar-refractivity contribution >= 4 is 5.69 Å². The summed E-state index contributed by atoms with van der Waals surface area (Å²) in [5.41, 5.74) is 6.72. The summed E-state index contributed by atoms with van der Waals surface area (Å²) < 4.78 is 0. The molecule has 62 valence electrons. The van der Waals surface area contributed by atoms with Crippen molar-refractivity contribution in [2.75, 3.05) is 12.3 Å². The Labute approximate surface area is 71.2 Å². The van der Waals surface area contributed by atoms with E-state index in [2.05, 4.69) is 16.8 Å². The van der Waals surface area contributed by atoms with Gasteiger partial charge in [0.15, 0.2) is 0 Å². The van der Waals surface area contributed by atoms with E-state index in [1.165, 1.54) is 0 Å². The van der Waals surface area contributed by atoms with Crippen LogP contribution in [0.1, 0.15) is 12.1 Å². The van der Waals surface area contributed by atoms with Crippen LogP contribution < -0.4 is 5.73 Å². The molecule has 0 spiro atoms. The smallest absolute Gasteiger partial charge is 0.136 e. The second kappa shape index (κ2) is 4.37. The second-order valence-electron chi connectivity index (χ2n) is 2.22. The summed E-state index contributed by atoms with van der Waals surface area (Å²) in [4.78, 5) is 3.97. The molecule has 3 nitrogen and oxygen atoms in total. The molecule has 0 saturated heterocycles. The first-order valence-electron chi connectivity index (χ1n) is 3.65. The van der Waals surface area contributed by atoms with Gasteiger partial charge in [-0.15, -0.1) is 0 Å². The average Bonchev–Trinajstić information content (AvgIpc) is 2.09. The number of aliphatic hydroxyl groups excluding tert-OH is 1. The van der Waals surface area contributed by atoms with Crippen LogP contribution in [0.25, 0.3) is 0 Å². The molecule has 0 aliphatic carbocycles. The number of rotatable bonds is 1. The van der Waals surface area contributed by atoms with Gasteiger partial charge in [-0.1, -0.05) is 5.92 Å². The molecule has 0 aromatic carbocycles. The maximum atomic E-state index is 8.46. The zero-order valence-electron chi connectivity index (χ0n) is 6.62. The molecule has 0 bridgehead atoms. The van der Waals surface area contributed by atoms with Crippen LogP contribution in [0.3, 0.4) is 0 Å². The van der Waals surface area contributed by atoms with E-state index in [0.29, 0.717) is 17.8 Å². The first kappa shape index (κ1) is 8.57. The van der Waals surface area contributed by atoms with Crippen LogP contribution in [0.4, 0.5) is 5.69 Å². The number of anilines is 1. The highest BCUT2D eigenvalue weighted by Gasteiger charge is 1.91. The van der Waals surface area contributed by atoms with Gasteiger partial charge in [-0.3, -0.25) is 0 Å². The van der Waals surface area contributed by atoms with Gasteiger partial charge in [0.2, 0.25) is 0 Å². The lowest BCUT2D eigenvalue weighted by Gasteiger charge is -1.93. The van der Waals surface area contributed by atoms with Crippen molar-refractivity contribution in [3.8, 4) is 11.8 Å². The van der Waals surface area contributed by atoms with E-state index in [9.17, 15) is 0 Å². The lowest BCUT2D eigenvalue weighted by molar-refractivity contribution is 0.305. The Kier molecular flexibility index (Phi) is 3.12.